The molecule has 0 aliphatic heterocycles. The highest BCUT2D eigenvalue weighted by Crippen LogP contribution is 2.36. The number of ether oxygens (including phenoxy) is 1. The first kappa shape index (κ1) is 17.4. The molecule has 3 aromatic carbocycles. The van der Waals surface area contributed by atoms with Crippen molar-refractivity contribution >= 4 is 23.4 Å². The van der Waals surface area contributed by atoms with Crippen LogP contribution in [0.15, 0.2) is 60.7 Å². The van der Waals surface area contributed by atoms with Crippen LogP contribution in [0, 0.1) is 5.82 Å². The molecule has 0 amide bonds. The normalized spacial score (nSPS) is 11.6. The van der Waals surface area contributed by atoms with Crippen LogP contribution in [0.25, 0.3) is 11.1 Å². The van der Waals surface area contributed by atoms with Gasteiger partial charge in [0.25, 0.3) is 0 Å². The van der Waals surface area contributed by atoms with E-state index in [0.717, 1.165) is 23.6 Å². The smallest absolute Gasteiger partial charge is 0.343 e. The molecule has 0 spiro atoms. The fraction of sp³-hybridized carbons (Fsp3) is 0.0909. The summed E-state index contributed by atoms with van der Waals surface area (Å²) in [5.74, 6) is -2.09. The molecule has 3 nitrogen and oxygen atoms in total. The SMILES string of the molecule is O=C(COC(=O)c1c(F)cccc1Cl)c1ccc2c(c1)Cc1ccccc1-2. The van der Waals surface area contributed by atoms with E-state index in [9.17, 15) is 14.0 Å². The van der Waals surface area contributed by atoms with E-state index in [4.69, 9.17) is 16.3 Å². The zero-order valence-electron chi connectivity index (χ0n) is 14.2. The number of carbonyl (C=O) groups excluding carboxylic acids is 2. The topological polar surface area (TPSA) is 43.4 Å². The highest BCUT2D eigenvalue weighted by atomic mass is 35.5. The molecule has 0 heterocycles. The predicted molar refractivity (Wildman–Crippen MR) is 101 cm³/mol. The summed E-state index contributed by atoms with van der Waals surface area (Å²) in [6, 6.07) is 17.4. The molecule has 1 aliphatic rings. The standard InChI is InChI=1S/C22H14ClFO3/c23-18-6-3-7-19(24)21(18)22(26)27-12-20(25)14-8-9-17-15(11-14)10-13-4-1-2-5-16(13)17/h1-9,11H,10,12H2. The minimum atomic E-state index is -0.958. The lowest BCUT2D eigenvalue weighted by Gasteiger charge is -2.08. The molecule has 134 valence electrons. The zero-order chi connectivity index (χ0) is 19.0. The lowest BCUT2D eigenvalue weighted by Crippen LogP contribution is -2.15. The van der Waals surface area contributed by atoms with Gasteiger partial charge in [-0.2, -0.15) is 0 Å². The van der Waals surface area contributed by atoms with Crippen molar-refractivity contribution < 1.29 is 18.7 Å². The Labute approximate surface area is 160 Å². The summed E-state index contributed by atoms with van der Waals surface area (Å²) in [4.78, 5) is 24.5. The number of carbonyl (C=O) groups is 2. The van der Waals surface area contributed by atoms with Gasteiger partial charge in [0.15, 0.2) is 12.4 Å². The van der Waals surface area contributed by atoms with E-state index in [1.165, 1.54) is 23.3 Å². The fourth-order valence-electron chi connectivity index (χ4n) is 3.30. The second-order valence-corrected chi connectivity index (χ2v) is 6.71. The molecular weight excluding hydrogens is 367 g/mol. The maximum Gasteiger partial charge on any atom is 0.343 e. The van der Waals surface area contributed by atoms with Crippen LogP contribution in [-0.2, 0) is 11.2 Å². The molecule has 0 bridgehead atoms. The van der Waals surface area contributed by atoms with Crippen molar-refractivity contribution in [3.63, 3.8) is 0 Å². The van der Waals surface area contributed by atoms with Gasteiger partial charge in [0.1, 0.15) is 11.4 Å². The van der Waals surface area contributed by atoms with E-state index < -0.39 is 18.4 Å². The van der Waals surface area contributed by atoms with Crippen LogP contribution in [0.1, 0.15) is 31.8 Å². The van der Waals surface area contributed by atoms with Crippen LogP contribution in [0.4, 0.5) is 4.39 Å². The zero-order valence-corrected chi connectivity index (χ0v) is 14.9. The van der Waals surface area contributed by atoms with Crippen LogP contribution in [0.2, 0.25) is 5.02 Å². The van der Waals surface area contributed by atoms with Gasteiger partial charge in [0.05, 0.1) is 5.02 Å². The molecule has 0 N–H and O–H groups in total. The monoisotopic (exact) mass is 380 g/mol. The van der Waals surface area contributed by atoms with E-state index in [2.05, 4.69) is 12.1 Å². The third-order valence-corrected chi connectivity index (χ3v) is 4.93. The van der Waals surface area contributed by atoms with Gasteiger partial charge in [-0.05, 0) is 46.9 Å². The fourth-order valence-corrected chi connectivity index (χ4v) is 3.54. The quantitative estimate of drug-likeness (QED) is 0.366. The molecular formula is C22H14ClFO3. The lowest BCUT2D eigenvalue weighted by atomic mass is 10.0. The Bertz CT molecular complexity index is 1050. The molecule has 0 saturated carbocycles. The van der Waals surface area contributed by atoms with Crippen LogP contribution >= 0.6 is 11.6 Å². The first-order chi connectivity index (χ1) is 13.0. The van der Waals surface area contributed by atoms with E-state index in [-0.39, 0.29) is 16.4 Å². The summed E-state index contributed by atoms with van der Waals surface area (Å²) in [7, 11) is 0. The maximum absolute atomic E-state index is 13.8. The van der Waals surface area contributed by atoms with Crippen LogP contribution in [0.3, 0.4) is 0 Å². The molecule has 0 radical (unpaired) electrons. The number of Topliss-reactive ketones (excluding diaryl/α,β-unsaturated/α-hetero) is 1. The summed E-state index contributed by atoms with van der Waals surface area (Å²) >= 11 is 5.84. The molecule has 5 heteroatoms. The average molecular weight is 381 g/mol. The van der Waals surface area contributed by atoms with Gasteiger partial charge >= 0.3 is 5.97 Å². The molecule has 1 aliphatic carbocycles. The third kappa shape index (κ3) is 3.24. The van der Waals surface area contributed by atoms with Gasteiger partial charge < -0.3 is 4.74 Å². The predicted octanol–water partition coefficient (Wildman–Crippen LogP) is 5.09. The number of benzene rings is 3. The van der Waals surface area contributed by atoms with Crippen LogP contribution < -0.4 is 0 Å². The molecule has 0 atom stereocenters. The molecule has 3 aromatic rings. The third-order valence-electron chi connectivity index (χ3n) is 4.62. The highest BCUT2D eigenvalue weighted by molar-refractivity contribution is 6.33. The summed E-state index contributed by atoms with van der Waals surface area (Å²) in [5, 5.41) is -0.0530. The van der Waals surface area contributed by atoms with Crippen molar-refractivity contribution in [1.29, 1.82) is 0 Å². The maximum atomic E-state index is 13.8. The number of halogens is 2. The number of ketones is 1. The Balaban J connectivity index is 1.48. The van der Waals surface area contributed by atoms with Gasteiger partial charge in [-0.15, -0.1) is 0 Å². The number of hydrogen-bond donors (Lipinski definition) is 0. The summed E-state index contributed by atoms with van der Waals surface area (Å²) in [6.45, 7) is -0.477. The summed E-state index contributed by atoms with van der Waals surface area (Å²) in [5.41, 5.74) is 4.65. The molecule has 27 heavy (non-hydrogen) atoms. The van der Waals surface area contributed by atoms with Gasteiger partial charge in [-0.1, -0.05) is 54.1 Å². The largest absolute Gasteiger partial charge is 0.454 e. The lowest BCUT2D eigenvalue weighted by molar-refractivity contribution is 0.0470. The van der Waals surface area contributed by atoms with E-state index in [1.807, 2.05) is 24.3 Å². The summed E-state index contributed by atoms with van der Waals surface area (Å²) in [6.07, 6.45) is 0.761. The van der Waals surface area contributed by atoms with Gasteiger partial charge in [0.2, 0.25) is 0 Å². The Hall–Kier alpha value is -2.98. The number of rotatable bonds is 4. The van der Waals surface area contributed by atoms with Crippen LogP contribution in [-0.4, -0.2) is 18.4 Å². The molecule has 4 rings (SSSR count). The van der Waals surface area contributed by atoms with Crippen molar-refractivity contribution in [2.24, 2.45) is 0 Å². The second-order valence-electron chi connectivity index (χ2n) is 6.30. The van der Waals surface area contributed by atoms with Crippen molar-refractivity contribution in [2.75, 3.05) is 6.61 Å². The van der Waals surface area contributed by atoms with Gasteiger partial charge in [0, 0.05) is 5.56 Å². The van der Waals surface area contributed by atoms with Gasteiger partial charge in [-0.3, -0.25) is 4.79 Å². The first-order valence-corrected chi connectivity index (χ1v) is 8.78. The number of esters is 1. The van der Waals surface area contributed by atoms with Gasteiger partial charge in [-0.25, -0.2) is 9.18 Å². The van der Waals surface area contributed by atoms with Crippen molar-refractivity contribution in [1.82, 2.24) is 0 Å². The molecule has 0 saturated heterocycles. The Morgan fingerprint density at radius 2 is 1.74 bits per heavy atom. The Kier molecular flexibility index (Phi) is 4.50. The number of fused-ring (bicyclic) bond motifs is 3. The minimum absolute atomic E-state index is 0.0530. The first-order valence-electron chi connectivity index (χ1n) is 8.40. The Morgan fingerprint density at radius 1 is 0.963 bits per heavy atom. The molecule has 0 aromatic heterocycles. The van der Waals surface area contributed by atoms with Crippen LogP contribution in [0.5, 0.6) is 0 Å². The average Bonchev–Trinajstić information content (AvgIpc) is 3.03. The van der Waals surface area contributed by atoms with E-state index >= 15 is 0 Å². The summed E-state index contributed by atoms with van der Waals surface area (Å²) < 4.78 is 18.7. The van der Waals surface area contributed by atoms with E-state index in [0.29, 0.717) is 5.56 Å². The van der Waals surface area contributed by atoms with E-state index in [1.54, 1.807) is 6.07 Å². The molecule has 0 unspecified atom stereocenters. The highest BCUT2D eigenvalue weighted by Gasteiger charge is 2.21. The van der Waals surface area contributed by atoms with Crippen molar-refractivity contribution in [3.8, 4) is 11.1 Å². The number of hydrogen-bond acceptors (Lipinski definition) is 3. The second kappa shape index (κ2) is 6.97. The minimum Gasteiger partial charge on any atom is -0.454 e. The van der Waals surface area contributed by atoms with Crippen molar-refractivity contribution in [2.45, 2.75) is 6.42 Å². The Morgan fingerprint density at radius 3 is 2.56 bits per heavy atom. The van der Waals surface area contributed by atoms with Crippen molar-refractivity contribution in [3.05, 3.63) is 93.8 Å². The molecule has 0 fully saturated rings.